The summed E-state index contributed by atoms with van der Waals surface area (Å²) >= 11 is 0. The standard InChI is InChI=1S/C12H21N3O/c1-3-15(5-4-6-16)12-10(2)7-11(8-13)9-14-12/h7,9,16H,3-6,8,13H2,1-2H3. The van der Waals surface area contributed by atoms with E-state index < -0.39 is 0 Å². The third kappa shape index (κ3) is 3.18. The van der Waals surface area contributed by atoms with E-state index in [-0.39, 0.29) is 6.61 Å². The molecule has 0 amide bonds. The number of nitrogens with two attached hydrogens (primary N) is 1. The van der Waals surface area contributed by atoms with Crippen LogP contribution in [-0.4, -0.2) is 29.8 Å². The van der Waals surface area contributed by atoms with Crippen LogP contribution in [0.15, 0.2) is 12.3 Å². The molecule has 0 fully saturated rings. The van der Waals surface area contributed by atoms with Crippen molar-refractivity contribution in [3.8, 4) is 0 Å². The Morgan fingerprint density at radius 2 is 2.25 bits per heavy atom. The molecular formula is C12H21N3O. The minimum absolute atomic E-state index is 0.219. The van der Waals surface area contributed by atoms with Gasteiger partial charge in [0, 0.05) is 32.4 Å². The molecule has 1 aromatic heterocycles. The molecule has 0 aliphatic heterocycles. The first-order chi connectivity index (χ1) is 7.72. The van der Waals surface area contributed by atoms with Crippen LogP contribution < -0.4 is 10.6 Å². The molecule has 0 saturated carbocycles. The summed E-state index contributed by atoms with van der Waals surface area (Å²) in [5.74, 6) is 0.994. The Labute approximate surface area is 97.1 Å². The van der Waals surface area contributed by atoms with Crippen LogP contribution in [0.4, 0.5) is 5.82 Å². The number of rotatable bonds is 6. The Morgan fingerprint density at radius 3 is 2.75 bits per heavy atom. The molecule has 3 N–H and O–H groups in total. The molecule has 16 heavy (non-hydrogen) atoms. The lowest BCUT2D eigenvalue weighted by Gasteiger charge is -2.23. The number of aromatic nitrogens is 1. The van der Waals surface area contributed by atoms with E-state index in [0.717, 1.165) is 36.5 Å². The summed E-state index contributed by atoms with van der Waals surface area (Å²) in [7, 11) is 0. The van der Waals surface area contributed by atoms with Crippen LogP contribution in [0.3, 0.4) is 0 Å². The fraction of sp³-hybridized carbons (Fsp3) is 0.583. The fourth-order valence-electron chi connectivity index (χ4n) is 1.74. The van der Waals surface area contributed by atoms with Gasteiger partial charge >= 0.3 is 0 Å². The number of hydrogen-bond donors (Lipinski definition) is 2. The lowest BCUT2D eigenvalue weighted by Crippen LogP contribution is -2.26. The average molecular weight is 223 g/mol. The molecule has 0 unspecified atom stereocenters. The van der Waals surface area contributed by atoms with Crippen molar-refractivity contribution in [3.63, 3.8) is 0 Å². The number of aliphatic hydroxyl groups excluding tert-OH is 1. The van der Waals surface area contributed by atoms with E-state index in [1.54, 1.807) is 0 Å². The normalized spacial score (nSPS) is 10.5. The third-order valence-corrected chi connectivity index (χ3v) is 2.61. The summed E-state index contributed by atoms with van der Waals surface area (Å²) in [6.07, 6.45) is 2.59. The fourth-order valence-corrected chi connectivity index (χ4v) is 1.74. The van der Waals surface area contributed by atoms with E-state index in [9.17, 15) is 0 Å². The molecule has 0 bridgehead atoms. The van der Waals surface area contributed by atoms with Gasteiger partial charge in [0.25, 0.3) is 0 Å². The maximum atomic E-state index is 8.85. The van der Waals surface area contributed by atoms with Crippen molar-refractivity contribution in [3.05, 3.63) is 23.4 Å². The van der Waals surface area contributed by atoms with Gasteiger partial charge < -0.3 is 15.7 Å². The highest BCUT2D eigenvalue weighted by molar-refractivity contribution is 5.47. The number of anilines is 1. The van der Waals surface area contributed by atoms with Crippen molar-refractivity contribution in [2.75, 3.05) is 24.6 Å². The predicted molar refractivity (Wildman–Crippen MR) is 66.5 cm³/mol. The SMILES string of the molecule is CCN(CCCO)c1ncc(CN)cc1C. The highest BCUT2D eigenvalue weighted by Gasteiger charge is 2.08. The first-order valence-electron chi connectivity index (χ1n) is 5.74. The molecular weight excluding hydrogens is 202 g/mol. The lowest BCUT2D eigenvalue weighted by atomic mass is 10.2. The van der Waals surface area contributed by atoms with Gasteiger partial charge in [0.05, 0.1) is 0 Å². The van der Waals surface area contributed by atoms with Crippen LogP contribution in [0.2, 0.25) is 0 Å². The van der Waals surface area contributed by atoms with Gasteiger partial charge in [-0.2, -0.15) is 0 Å². The quantitative estimate of drug-likeness (QED) is 0.757. The molecule has 1 aromatic rings. The van der Waals surface area contributed by atoms with Gasteiger partial charge in [0.15, 0.2) is 0 Å². The van der Waals surface area contributed by atoms with Crippen molar-refractivity contribution in [2.45, 2.75) is 26.8 Å². The summed E-state index contributed by atoms with van der Waals surface area (Å²) in [4.78, 5) is 6.61. The highest BCUT2D eigenvalue weighted by atomic mass is 16.3. The van der Waals surface area contributed by atoms with Gasteiger partial charge in [0.2, 0.25) is 0 Å². The monoisotopic (exact) mass is 223 g/mol. The molecule has 0 aliphatic carbocycles. The molecule has 0 spiro atoms. The van der Waals surface area contributed by atoms with Crippen LogP contribution in [0.25, 0.3) is 0 Å². The Balaban J connectivity index is 2.83. The second-order valence-electron chi connectivity index (χ2n) is 3.85. The van der Waals surface area contributed by atoms with E-state index in [1.165, 1.54) is 0 Å². The van der Waals surface area contributed by atoms with Gasteiger partial charge in [-0.3, -0.25) is 0 Å². The largest absolute Gasteiger partial charge is 0.396 e. The second kappa shape index (κ2) is 6.45. The number of aliphatic hydroxyl groups is 1. The third-order valence-electron chi connectivity index (χ3n) is 2.61. The van der Waals surface area contributed by atoms with Crippen LogP contribution in [0.1, 0.15) is 24.5 Å². The summed E-state index contributed by atoms with van der Waals surface area (Å²) in [5, 5.41) is 8.85. The Bertz CT molecular complexity index is 328. The molecule has 0 aromatic carbocycles. The molecule has 0 saturated heterocycles. The van der Waals surface area contributed by atoms with E-state index in [1.807, 2.05) is 13.1 Å². The summed E-state index contributed by atoms with van der Waals surface area (Å²) in [5.41, 5.74) is 7.77. The number of hydrogen-bond acceptors (Lipinski definition) is 4. The molecule has 0 aliphatic rings. The topological polar surface area (TPSA) is 62.4 Å². The summed E-state index contributed by atoms with van der Waals surface area (Å²) in [6, 6.07) is 2.07. The smallest absolute Gasteiger partial charge is 0.131 e. The number of aryl methyl sites for hydroxylation is 1. The van der Waals surface area contributed by atoms with Crippen LogP contribution in [0.5, 0.6) is 0 Å². The molecule has 0 atom stereocenters. The van der Waals surface area contributed by atoms with Crippen molar-refractivity contribution in [2.24, 2.45) is 5.73 Å². The van der Waals surface area contributed by atoms with Crippen molar-refractivity contribution in [1.82, 2.24) is 4.98 Å². The Hall–Kier alpha value is -1.13. The highest BCUT2D eigenvalue weighted by Crippen LogP contribution is 2.17. The predicted octanol–water partition coefficient (Wildman–Crippen LogP) is 1.06. The van der Waals surface area contributed by atoms with Gasteiger partial charge in [-0.25, -0.2) is 4.98 Å². The Kier molecular flexibility index (Phi) is 5.22. The first kappa shape index (κ1) is 12.9. The number of nitrogens with zero attached hydrogens (tertiary/aromatic N) is 2. The van der Waals surface area contributed by atoms with Gasteiger partial charge in [-0.1, -0.05) is 0 Å². The maximum absolute atomic E-state index is 8.85. The van der Waals surface area contributed by atoms with Crippen LogP contribution in [0, 0.1) is 6.92 Å². The number of pyridine rings is 1. The summed E-state index contributed by atoms with van der Waals surface area (Å²) in [6.45, 7) is 6.62. The molecule has 0 radical (unpaired) electrons. The van der Waals surface area contributed by atoms with Gasteiger partial charge in [-0.05, 0) is 37.5 Å². The average Bonchev–Trinajstić information content (AvgIpc) is 2.31. The molecule has 4 nitrogen and oxygen atoms in total. The van der Waals surface area contributed by atoms with Gasteiger partial charge in [0.1, 0.15) is 5.82 Å². The summed E-state index contributed by atoms with van der Waals surface area (Å²) < 4.78 is 0. The van der Waals surface area contributed by atoms with E-state index in [0.29, 0.717) is 6.54 Å². The zero-order chi connectivity index (χ0) is 12.0. The van der Waals surface area contributed by atoms with E-state index >= 15 is 0 Å². The molecule has 4 heteroatoms. The zero-order valence-electron chi connectivity index (χ0n) is 10.1. The van der Waals surface area contributed by atoms with Crippen molar-refractivity contribution >= 4 is 5.82 Å². The lowest BCUT2D eigenvalue weighted by molar-refractivity contribution is 0.289. The van der Waals surface area contributed by atoms with Crippen LogP contribution in [-0.2, 0) is 6.54 Å². The Morgan fingerprint density at radius 1 is 1.50 bits per heavy atom. The maximum Gasteiger partial charge on any atom is 0.131 e. The van der Waals surface area contributed by atoms with Crippen molar-refractivity contribution in [1.29, 1.82) is 0 Å². The van der Waals surface area contributed by atoms with E-state index in [2.05, 4.69) is 22.9 Å². The van der Waals surface area contributed by atoms with Crippen molar-refractivity contribution < 1.29 is 5.11 Å². The zero-order valence-corrected chi connectivity index (χ0v) is 10.1. The van der Waals surface area contributed by atoms with E-state index in [4.69, 9.17) is 10.8 Å². The first-order valence-corrected chi connectivity index (χ1v) is 5.74. The van der Waals surface area contributed by atoms with Gasteiger partial charge in [-0.15, -0.1) is 0 Å². The second-order valence-corrected chi connectivity index (χ2v) is 3.85. The molecule has 1 rings (SSSR count). The minimum atomic E-state index is 0.219. The minimum Gasteiger partial charge on any atom is -0.396 e. The molecule has 90 valence electrons. The van der Waals surface area contributed by atoms with Crippen LogP contribution >= 0.6 is 0 Å². The molecule has 1 heterocycles.